The van der Waals surface area contributed by atoms with E-state index in [0.29, 0.717) is 6.42 Å². The Bertz CT molecular complexity index is 350. The molecule has 0 unspecified atom stereocenters. The van der Waals surface area contributed by atoms with Crippen LogP contribution in [-0.2, 0) is 4.89 Å². The van der Waals surface area contributed by atoms with Crippen molar-refractivity contribution in [1.29, 1.82) is 0 Å². The Kier molecular flexibility index (Phi) is 3.37. The zero-order valence-corrected chi connectivity index (χ0v) is 11.8. The van der Waals surface area contributed by atoms with E-state index in [9.17, 15) is 10.4 Å². The largest absolute Gasteiger partial charge is 0.390 e. The first-order chi connectivity index (χ1) is 8.26. The SMILES string of the molecule is C=C(C)[C@]1(OO)CC[C@@]2(C)CCC[C@@](C)(O)[C@@H]2C1. The second-order valence-corrected chi connectivity index (χ2v) is 6.99. The van der Waals surface area contributed by atoms with Crippen LogP contribution >= 0.6 is 0 Å². The minimum atomic E-state index is -0.661. The fraction of sp³-hybridized carbons (Fsp3) is 0.867. The van der Waals surface area contributed by atoms with Gasteiger partial charge in [-0.25, -0.2) is 4.89 Å². The monoisotopic (exact) mass is 254 g/mol. The van der Waals surface area contributed by atoms with Crippen molar-refractivity contribution in [2.75, 3.05) is 0 Å². The standard InChI is InChI=1S/C15H26O3/c1-11(2)15(18-17)9-8-13(3)6-5-7-14(4,16)12(13)10-15/h12,16-17H,1,5-10H2,2-4H3/t12-,13-,14-,15+/m1/s1. The third-order valence-corrected chi connectivity index (χ3v) is 5.61. The molecule has 0 radical (unpaired) electrons. The van der Waals surface area contributed by atoms with Gasteiger partial charge in [0.2, 0.25) is 0 Å². The summed E-state index contributed by atoms with van der Waals surface area (Å²) in [6.07, 6.45) is 5.52. The molecule has 0 bridgehead atoms. The lowest BCUT2D eigenvalue weighted by molar-refractivity contribution is -0.332. The second kappa shape index (κ2) is 4.32. The molecule has 2 aliphatic carbocycles. The maximum atomic E-state index is 10.7. The average molecular weight is 254 g/mol. The van der Waals surface area contributed by atoms with Crippen molar-refractivity contribution in [2.45, 2.75) is 70.5 Å². The van der Waals surface area contributed by atoms with Crippen LogP contribution in [0.4, 0.5) is 0 Å². The third kappa shape index (κ3) is 2.02. The van der Waals surface area contributed by atoms with Gasteiger partial charge in [-0.2, -0.15) is 0 Å². The van der Waals surface area contributed by atoms with Gasteiger partial charge in [0.05, 0.1) is 5.60 Å². The predicted octanol–water partition coefficient (Wildman–Crippen LogP) is 3.53. The maximum Gasteiger partial charge on any atom is 0.124 e. The molecule has 3 heteroatoms. The fourth-order valence-electron chi connectivity index (χ4n) is 4.18. The van der Waals surface area contributed by atoms with E-state index in [0.717, 1.165) is 37.7 Å². The van der Waals surface area contributed by atoms with E-state index >= 15 is 0 Å². The highest BCUT2D eigenvalue weighted by Crippen LogP contribution is 2.57. The molecule has 2 fully saturated rings. The van der Waals surface area contributed by atoms with E-state index in [4.69, 9.17) is 4.89 Å². The topological polar surface area (TPSA) is 49.7 Å². The smallest absolute Gasteiger partial charge is 0.124 e. The molecule has 0 aromatic carbocycles. The van der Waals surface area contributed by atoms with E-state index in [1.807, 2.05) is 13.8 Å². The number of hydrogen-bond acceptors (Lipinski definition) is 3. The zero-order valence-electron chi connectivity index (χ0n) is 11.8. The van der Waals surface area contributed by atoms with Crippen LogP contribution in [0.15, 0.2) is 12.2 Å². The first-order valence-corrected chi connectivity index (χ1v) is 6.97. The van der Waals surface area contributed by atoms with Gasteiger partial charge >= 0.3 is 0 Å². The Balaban J connectivity index is 2.32. The summed E-state index contributed by atoms with van der Waals surface area (Å²) in [7, 11) is 0. The van der Waals surface area contributed by atoms with Gasteiger partial charge in [0.1, 0.15) is 5.60 Å². The first kappa shape index (κ1) is 14.0. The maximum absolute atomic E-state index is 10.7. The van der Waals surface area contributed by atoms with Crippen molar-refractivity contribution >= 4 is 0 Å². The van der Waals surface area contributed by atoms with Crippen molar-refractivity contribution < 1.29 is 15.3 Å². The quantitative estimate of drug-likeness (QED) is 0.450. The Morgan fingerprint density at radius 2 is 1.89 bits per heavy atom. The molecule has 2 rings (SSSR count). The molecule has 2 saturated carbocycles. The van der Waals surface area contributed by atoms with E-state index < -0.39 is 11.2 Å². The van der Waals surface area contributed by atoms with Crippen LogP contribution in [0.25, 0.3) is 0 Å². The normalized spacial score (nSPS) is 48.6. The molecule has 0 spiro atoms. The highest BCUT2D eigenvalue weighted by atomic mass is 17.1. The van der Waals surface area contributed by atoms with Gasteiger partial charge in [-0.15, -0.1) is 0 Å². The van der Waals surface area contributed by atoms with Crippen LogP contribution in [-0.4, -0.2) is 21.6 Å². The molecule has 0 aromatic heterocycles. The van der Waals surface area contributed by atoms with E-state index in [1.165, 1.54) is 0 Å². The van der Waals surface area contributed by atoms with Gasteiger partial charge in [-0.05, 0) is 62.9 Å². The first-order valence-electron chi connectivity index (χ1n) is 6.97. The molecule has 4 atom stereocenters. The van der Waals surface area contributed by atoms with Crippen LogP contribution in [0.2, 0.25) is 0 Å². The summed E-state index contributed by atoms with van der Waals surface area (Å²) in [6.45, 7) is 10.1. The van der Waals surface area contributed by atoms with Crippen molar-refractivity contribution in [2.24, 2.45) is 11.3 Å². The average Bonchev–Trinajstić information content (AvgIpc) is 2.28. The van der Waals surface area contributed by atoms with Gasteiger partial charge in [0.15, 0.2) is 0 Å². The predicted molar refractivity (Wildman–Crippen MR) is 71.2 cm³/mol. The van der Waals surface area contributed by atoms with Crippen LogP contribution < -0.4 is 0 Å². The van der Waals surface area contributed by atoms with E-state index in [-0.39, 0.29) is 11.3 Å². The molecule has 3 nitrogen and oxygen atoms in total. The van der Waals surface area contributed by atoms with Gasteiger partial charge in [-0.1, -0.05) is 19.9 Å². The molecule has 2 N–H and O–H groups in total. The van der Waals surface area contributed by atoms with Crippen molar-refractivity contribution in [3.8, 4) is 0 Å². The molecule has 0 saturated heterocycles. The van der Waals surface area contributed by atoms with Crippen molar-refractivity contribution in [3.63, 3.8) is 0 Å². The van der Waals surface area contributed by atoms with Crippen LogP contribution in [0.1, 0.15) is 59.3 Å². The summed E-state index contributed by atoms with van der Waals surface area (Å²) >= 11 is 0. The van der Waals surface area contributed by atoms with Gasteiger partial charge in [0, 0.05) is 0 Å². The highest BCUT2D eigenvalue weighted by Gasteiger charge is 2.55. The van der Waals surface area contributed by atoms with Crippen LogP contribution in [0, 0.1) is 11.3 Å². The molecule has 104 valence electrons. The Hall–Kier alpha value is -0.380. The Morgan fingerprint density at radius 1 is 1.22 bits per heavy atom. The van der Waals surface area contributed by atoms with Gasteiger partial charge in [-0.3, -0.25) is 5.26 Å². The lowest BCUT2D eigenvalue weighted by Gasteiger charge is -2.56. The Labute approximate surface area is 110 Å². The summed E-state index contributed by atoms with van der Waals surface area (Å²) < 4.78 is 0. The summed E-state index contributed by atoms with van der Waals surface area (Å²) in [5.74, 6) is 0.163. The molecule has 0 heterocycles. The summed E-state index contributed by atoms with van der Waals surface area (Å²) in [5, 5.41) is 20.0. The number of fused-ring (bicyclic) bond motifs is 1. The molecule has 2 aliphatic rings. The number of rotatable bonds is 2. The van der Waals surface area contributed by atoms with E-state index in [1.54, 1.807) is 0 Å². The third-order valence-electron chi connectivity index (χ3n) is 5.61. The van der Waals surface area contributed by atoms with Crippen LogP contribution in [0.3, 0.4) is 0 Å². The molecular formula is C15H26O3. The summed E-state index contributed by atoms with van der Waals surface area (Å²) in [6, 6.07) is 0. The molecule has 0 aliphatic heterocycles. The minimum absolute atomic E-state index is 0.163. The molecule has 0 aromatic rings. The molecule has 0 amide bonds. The van der Waals surface area contributed by atoms with Crippen LogP contribution in [0.5, 0.6) is 0 Å². The van der Waals surface area contributed by atoms with Gasteiger partial charge in [0.25, 0.3) is 0 Å². The van der Waals surface area contributed by atoms with E-state index in [2.05, 4.69) is 13.5 Å². The zero-order chi connectivity index (χ0) is 13.6. The number of aliphatic hydroxyl groups is 1. The van der Waals surface area contributed by atoms with Crippen molar-refractivity contribution in [3.05, 3.63) is 12.2 Å². The summed E-state index contributed by atoms with van der Waals surface area (Å²) in [5.41, 5.74) is -0.300. The van der Waals surface area contributed by atoms with Crippen molar-refractivity contribution in [1.82, 2.24) is 0 Å². The lowest BCUT2D eigenvalue weighted by atomic mass is 9.52. The highest BCUT2D eigenvalue weighted by molar-refractivity contribution is 5.17. The fourth-order valence-corrected chi connectivity index (χ4v) is 4.18. The van der Waals surface area contributed by atoms with Gasteiger partial charge < -0.3 is 5.11 Å². The number of hydrogen-bond donors (Lipinski definition) is 2. The Morgan fingerprint density at radius 3 is 2.44 bits per heavy atom. The minimum Gasteiger partial charge on any atom is -0.390 e. The summed E-state index contributed by atoms with van der Waals surface area (Å²) in [4.78, 5) is 4.82. The lowest BCUT2D eigenvalue weighted by Crippen LogP contribution is -2.56. The molecular weight excluding hydrogens is 228 g/mol. The second-order valence-electron chi connectivity index (χ2n) is 6.99. The molecule has 18 heavy (non-hydrogen) atoms.